The predicted octanol–water partition coefficient (Wildman–Crippen LogP) is 4.43. The molecule has 3 aromatic rings. The van der Waals surface area contributed by atoms with Gasteiger partial charge in [0, 0.05) is 61.9 Å². The molecule has 9 heteroatoms. The van der Waals surface area contributed by atoms with E-state index in [2.05, 4.69) is 22.2 Å². The number of nitrogens with one attached hydrogen (secondary N) is 2. The summed E-state index contributed by atoms with van der Waals surface area (Å²) in [6.07, 6.45) is 9.77. The van der Waals surface area contributed by atoms with Gasteiger partial charge in [0.15, 0.2) is 5.82 Å². The minimum Gasteiger partial charge on any atom is -0.381 e. The van der Waals surface area contributed by atoms with E-state index in [1.165, 1.54) is 6.42 Å². The van der Waals surface area contributed by atoms with Gasteiger partial charge in [0.05, 0.1) is 11.6 Å². The molecule has 3 aliphatic rings. The molecule has 0 spiro atoms. The number of ether oxygens (including phenoxy) is 1. The number of nitrogens with zero attached hydrogens (tertiary/aromatic N) is 4. The van der Waals surface area contributed by atoms with Crippen molar-refractivity contribution in [1.82, 2.24) is 19.7 Å². The third kappa shape index (κ3) is 4.15. The molecule has 2 aromatic heterocycles. The second-order valence-electron chi connectivity index (χ2n) is 10.8. The van der Waals surface area contributed by atoms with Crippen LogP contribution < -0.4 is 10.9 Å². The topological polar surface area (TPSA) is 105 Å². The number of H-pyrrole nitrogens is 1. The number of benzene rings is 1. The summed E-state index contributed by atoms with van der Waals surface area (Å²) in [6.45, 7) is 4.10. The van der Waals surface area contributed by atoms with Crippen LogP contribution in [-0.2, 0) is 11.3 Å². The highest BCUT2D eigenvalue weighted by atomic mass is 16.5. The highest BCUT2D eigenvalue weighted by molar-refractivity contribution is 5.99. The molecule has 4 heterocycles. The van der Waals surface area contributed by atoms with Gasteiger partial charge in [0.2, 0.25) is 0 Å². The highest BCUT2D eigenvalue weighted by Gasteiger charge is 2.41. The molecule has 0 radical (unpaired) electrons. The van der Waals surface area contributed by atoms with Gasteiger partial charge in [-0.1, -0.05) is 12.8 Å². The molecule has 194 valence electrons. The van der Waals surface area contributed by atoms with E-state index in [1.54, 1.807) is 6.20 Å². The molecule has 0 bridgehead atoms. The second-order valence-corrected chi connectivity index (χ2v) is 10.8. The highest BCUT2D eigenvalue weighted by Crippen LogP contribution is 2.38. The van der Waals surface area contributed by atoms with E-state index in [9.17, 15) is 9.59 Å². The first kappa shape index (κ1) is 23.9. The molecule has 1 unspecified atom stereocenters. The van der Waals surface area contributed by atoms with E-state index in [1.807, 2.05) is 47.1 Å². The maximum absolute atomic E-state index is 13.2. The van der Waals surface area contributed by atoms with Crippen LogP contribution in [0.15, 0.2) is 40.2 Å². The minimum atomic E-state index is -0.192. The van der Waals surface area contributed by atoms with E-state index in [4.69, 9.17) is 9.84 Å². The van der Waals surface area contributed by atoms with E-state index in [0.717, 1.165) is 54.4 Å². The van der Waals surface area contributed by atoms with Gasteiger partial charge < -0.3 is 24.9 Å². The Kier molecular flexibility index (Phi) is 6.10. The molecule has 2 fully saturated rings. The number of aliphatic imine (C=N–C) groups is 1. The Hall–Kier alpha value is -3.46. The van der Waals surface area contributed by atoms with Gasteiger partial charge in [-0.2, -0.15) is 5.10 Å². The van der Waals surface area contributed by atoms with E-state index in [-0.39, 0.29) is 29.0 Å². The van der Waals surface area contributed by atoms with Gasteiger partial charge in [0.1, 0.15) is 5.39 Å². The molecule has 1 amide bonds. The average molecular weight is 503 g/mol. The van der Waals surface area contributed by atoms with Crippen molar-refractivity contribution in [1.29, 1.82) is 0 Å². The lowest BCUT2D eigenvalue weighted by Crippen LogP contribution is -2.49. The number of amides is 1. The van der Waals surface area contributed by atoms with Crippen molar-refractivity contribution in [2.75, 3.05) is 25.6 Å². The van der Waals surface area contributed by atoms with Crippen LogP contribution in [0.4, 0.5) is 11.5 Å². The number of aromatic amines is 1. The van der Waals surface area contributed by atoms with E-state index >= 15 is 0 Å². The second kappa shape index (κ2) is 9.45. The summed E-state index contributed by atoms with van der Waals surface area (Å²) in [4.78, 5) is 35.3. The van der Waals surface area contributed by atoms with Gasteiger partial charge >= 0.3 is 0 Å². The van der Waals surface area contributed by atoms with Crippen molar-refractivity contribution in [3.05, 3.63) is 51.9 Å². The van der Waals surface area contributed by atoms with Crippen LogP contribution in [0.1, 0.15) is 67.4 Å². The third-order valence-corrected chi connectivity index (χ3v) is 8.46. The van der Waals surface area contributed by atoms with Gasteiger partial charge in [0.25, 0.3) is 11.5 Å². The summed E-state index contributed by atoms with van der Waals surface area (Å²) < 4.78 is 7.56. The lowest BCUT2D eigenvalue weighted by atomic mass is 9.85. The molecule has 1 saturated heterocycles. The number of anilines is 2. The van der Waals surface area contributed by atoms with Crippen molar-refractivity contribution < 1.29 is 9.53 Å². The van der Waals surface area contributed by atoms with Crippen LogP contribution in [-0.4, -0.2) is 57.6 Å². The van der Waals surface area contributed by atoms with Crippen LogP contribution in [0.5, 0.6) is 0 Å². The normalized spacial score (nSPS) is 23.6. The Morgan fingerprint density at radius 1 is 1.19 bits per heavy atom. The molecule has 2 N–H and O–H groups in total. The molecule has 1 aliphatic carbocycles. The zero-order chi connectivity index (χ0) is 25.6. The maximum atomic E-state index is 13.2. The van der Waals surface area contributed by atoms with Crippen LogP contribution in [0, 0.1) is 5.92 Å². The van der Waals surface area contributed by atoms with Gasteiger partial charge in [-0.25, -0.2) is 0 Å². The third-order valence-electron chi connectivity index (χ3n) is 8.46. The SMILES string of the molecule is CN=CC1CCCC[C@@H]1n1nc(Nc2ccc3c(c2)CN(C2(C)CCOCC2)C3=O)c2c(=O)[nH]ccc21. The number of pyridine rings is 1. The average Bonchev–Trinajstić information content (AvgIpc) is 3.44. The molecule has 2 aliphatic heterocycles. The van der Waals surface area contributed by atoms with Crippen molar-refractivity contribution in [3.8, 4) is 0 Å². The Labute approximate surface area is 215 Å². The number of carbonyl (C=O) groups excluding carboxylic acids is 1. The standard InChI is InChI=1S/C28H34N6O3/c1-28(10-13-37-14-11-28)33-17-19-15-20(7-8-21(19)27(33)36)31-25-24-23(9-12-30-26(24)35)34(32-25)22-6-4-3-5-18(22)16-29-2/h7-9,12,15-16,18,22H,3-6,10-11,13-14,17H2,1-2H3,(H,30,35)(H,31,32)/t18?,22-/m0/s1. The number of carbonyl (C=O) groups is 1. The molecule has 6 rings (SSSR count). The van der Waals surface area contributed by atoms with Crippen molar-refractivity contribution >= 4 is 34.5 Å². The van der Waals surface area contributed by atoms with Crippen LogP contribution in [0.25, 0.3) is 10.9 Å². The molecule has 9 nitrogen and oxygen atoms in total. The molecule has 37 heavy (non-hydrogen) atoms. The van der Waals surface area contributed by atoms with Crippen LogP contribution in [0.2, 0.25) is 0 Å². The predicted molar refractivity (Wildman–Crippen MR) is 144 cm³/mol. The fourth-order valence-electron chi connectivity index (χ4n) is 6.30. The van der Waals surface area contributed by atoms with E-state index in [0.29, 0.717) is 31.0 Å². The minimum absolute atomic E-state index is 0.0815. The zero-order valence-corrected chi connectivity index (χ0v) is 21.5. The first-order chi connectivity index (χ1) is 18.0. The van der Waals surface area contributed by atoms with Gasteiger partial charge in [-0.05, 0) is 62.4 Å². The Morgan fingerprint density at radius 2 is 2.00 bits per heavy atom. The quantitative estimate of drug-likeness (QED) is 0.503. The number of hydrogen-bond donors (Lipinski definition) is 2. The van der Waals surface area contributed by atoms with E-state index < -0.39 is 0 Å². The van der Waals surface area contributed by atoms with Crippen LogP contribution >= 0.6 is 0 Å². The number of aromatic nitrogens is 3. The smallest absolute Gasteiger partial charge is 0.261 e. The summed E-state index contributed by atoms with van der Waals surface area (Å²) in [7, 11) is 1.81. The summed E-state index contributed by atoms with van der Waals surface area (Å²) in [5.41, 5.74) is 3.01. The fraction of sp³-hybridized carbons (Fsp3) is 0.500. The number of rotatable bonds is 5. The molecule has 1 aromatic carbocycles. The monoisotopic (exact) mass is 502 g/mol. The molecular formula is C28H34N6O3. The number of fused-ring (bicyclic) bond motifs is 2. The summed E-state index contributed by atoms with van der Waals surface area (Å²) in [6, 6.07) is 7.90. The Balaban J connectivity index is 1.33. The number of hydrogen-bond acceptors (Lipinski definition) is 6. The van der Waals surface area contributed by atoms with Gasteiger partial charge in [-0.3, -0.25) is 14.3 Å². The van der Waals surface area contributed by atoms with Crippen molar-refractivity contribution in [2.45, 2.75) is 63.6 Å². The summed E-state index contributed by atoms with van der Waals surface area (Å²) in [5, 5.41) is 8.90. The summed E-state index contributed by atoms with van der Waals surface area (Å²) >= 11 is 0. The Bertz CT molecular complexity index is 1420. The summed E-state index contributed by atoms with van der Waals surface area (Å²) in [5.74, 6) is 0.905. The first-order valence-electron chi connectivity index (χ1n) is 13.3. The lowest BCUT2D eigenvalue weighted by Gasteiger charge is -2.41. The Morgan fingerprint density at radius 3 is 2.81 bits per heavy atom. The lowest BCUT2D eigenvalue weighted by molar-refractivity contribution is -0.0110. The first-order valence-corrected chi connectivity index (χ1v) is 13.3. The van der Waals surface area contributed by atoms with Crippen molar-refractivity contribution in [3.63, 3.8) is 0 Å². The van der Waals surface area contributed by atoms with Gasteiger partial charge in [-0.15, -0.1) is 0 Å². The molecular weight excluding hydrogens is 468 g/mol. The van der Waals surface area contributed by atoms with Crippen LogP contribution in [0.3, 0.4) is 0 Å². The molecule has 1 saturated carbocycles. The fourth-order valence-corrected chi connectivity index (χ4v) is 6.30. The largest absolute Gasteiger partial charge is 0.381 e. The van der Waals surface area contributed by atoms with Crippen molar-refractivity contribution in [2.24, 2.45) is 10.9 Å². The maximum Gasteiger partial charge on any atom is 0.261 e. The zero-order valence-electron chi connectivity index (χ0n) is 21.5. The molecule has 2 atom stereocenters.